The molecule has 1 heterocycles. The van der Waals surface area contributed by atoms with Gasteiger partial charge in [-0.3, -0.25) is 4.98 Å². The number of halogens is 1. The van der Waals surface area contributed by atoms with Crippen LogP contribution in [-0.2, 0) is 0 Å². The first-order valence-corrected chi connectivity index (χ1v) is 6.08. The van der Waals surface area contributed by atoms with Gasteiger partial charge in [-0.2, -0.15) is 0 Å². The van der Waals surface area contributed by atoms with E-state index in [0.29, 0.717) is 17.5 Å². The van der Waals surface area contributed by atoms with Gasteiger partial charge in [-0.1, -0.05) is 38.3 Å². The van der Waals surface area contributed by atoms with Gasteiger partial charge in [0.05, 0.1) is 16.8 Å². The minimum Gasteiger partial charge on any atom is -0.391 e. The number of nitrogens with zero attached hydrogens (tertiary/aromatic N) is 1. The highest BCUT2D eigenvalue weighted by Gasteiger charge is 2.15. The van der Waals surface area contributed by atoms with Crippen molar-refractivity contribution in [2.75, 3.05) is 11.9 Å². The van der Waals surface area contributed by atoms with Gasteiger partial charge in [0.15, 0.2) is 0 Å². The van der Waals surface area contributed by atoms with Crippen LogP contribution in [0.5, 0.6) is 0 Å². The molecule has 1 atom stereocenters. The summed E-state index contributed by atoms with van der Waals surface area (Å²) >= 11 is 5.95. The molecule has 0 radical (unpaired) electrons. The smallest absolute Gasteiger partial charge is 0.0820 e. The quantitative estimate of drug-likeness (QED) is 0.806. The van der Waals surface area contributed by atoms with Gasteiger partial charge in [0, 0.05) is 18.9 Å². The summed E-state index contributed by atoms with van der Waals surface area (Å²) in [5.41, 5.74) is 0.821. The molecule has 90 valence electrons. The third-order valence-electron chi connectivity index (χ3n) is 2.87. The lowest BCUT2D eigenvalue weighted by molar-refractivity contribution is 0.114. The van der Waals surface area contributed by atoms with Crippen LogP contribution in [0.3, 0.4) is 0 Å². The minimum atomic E-state index is -0.334. The summed E-state index contributed by atoms with van der Waals surface area (Å²) in [6.45, 7) is 4.71. The summed E-state index contributed by atoms with van der Waals surface area (Å²) in [6.07, 6.45) is 4.91. The number of hydrogen-bond acceptors (Lipinski definition) is 3. The topological polar surface area (TPSA) is 45.1 Å². The van der Waals surface area contributed by atoms with E-state index in [0.717, 1.165) is 18.5 Å². The van der Waals surface area contributed by atoms with Crippen molar-refractivity contribution >= 4 is 17.3 Å². The van der Waals surface area contributed by atoms with Gasteiger partial charge in [-0.05, 0) is 12.0 Å². The molecule has 0 aliphatic carbocycles. The minimum absolute atomic E-state index is 0.334. The van der Waals surface area contributed by atoms with E-state index in [9.17, 15) is 5.11 Å². The molecule has 1 unspecified atom stereocenters. The van der Waals surface area contributed by atoms with Gasteiger partial charge in [-0.25, -0.2) is 0 Å². The zero-order chi connectivity index (χ0) is 12.0. The fraction of sp³-hybridized carbons (Fsp3) is 0.583. The van der Waals surface area contributed by atoms with Crippen LogP contribution in [0.1, 0.15) is 26.7 Å². The lowest BCUT2D eigenvalue weighted by Gasteiger charge is -2.21. The zero-order valence-corrected chi connectivity index (χ0v) is 10.5. The van der Waals surface area contributed by atoms with Crippen molar-refractivity contribution in [2.24, 2.45) is 5.92 Å². The van der Waals surface area contributed by atoms with Crippen molar-refractivity contribution in [3.63, 3.8) is 0 Å². The van der Waals surface area contributed by atoms with Gasteiger partial charge in [0.2, 0.25) is 0 Å². The third-order valence-corrected chi connectivity index (χ3v) is 3.17. The van der Waals surface area contributed by atoms with Gasteiger partial charge in [0.25, 0.3) is 0 Å². The first kappa shape index (κ1) is 13.3. The molecule has 0 aliphatic rings. The molecule has 0 spiro atoms. The molecule has 0 aliphatic heterocycles. The van der Waals surface area contributed by atoms with Crippen molar-refractivity contribution in [3.05, 3.63) is 23.5 Å². The van der Waals surface area contributed by atoms with Gasteiger partial charge >= 0.3 is 0 Å². The van der Waals surface area contributed by atoms with Crippen LogP contribution in [0.4, 0.5) is 5.69 Å². The number of aliphatic hydroxyl groups is 1. The molecule has 16 heavy (non-hydrogen) atoms. The van der Waals surface area contributed by atoms with E-state index in [4.69, 9.17) is 11.6 Å². The van der Waals surface area contributed by atoms with E-state index in [2.05, 4.69) is 24.1 Å². The van der Waals surface area contributed by atoms with E-state index in [1.165, 1.54) is 0 Å². The number of aliphatic hydroxyl groups excluding tert-OH is 1. The first-order chi connectivity index (χ1) is 7.69. The molecule has 3 nitrogen and oxygen atoms in total. The van der Waals surface area contributed by atoms with Gasteiger partial charge < -0.3 is 10.4 Å². The molecule has 2 N–H and O–H groups in total. The summed E-state index contributed by atoms with van der Waals surface area (Å²) in [5.74, 6) is 0.341. The van der Waals surface area contributed by atoms with Crippen LogP contribution in [0, 0.1) is 5.92 Å². The van der Waals surface area contributed by atoms with Crippen molar-refractivity contribution < 1.29 is 5.11 Å². The Morgan fingerprint density at radius 2 is 2.12 bits per heavy atom. The summed E-state index contributed by atoms with van der Waals surface area (Å²) < 4.78 is 0. The Morgan fingerprint density at radius 3 is 2.69 bits per heavy atom. The summed E-state index contributed by atoms with van der Waals surface area (Å²) in [7, 11) is 0. The predicted octanol–water partition coefficient (Wildman–Crippen LogP) is 2.94. The second-order valence-electron chi connectivity index (χ2n) is 3.88. The second kappa shape index (κ2) is 6.71. The summed E-state index contributed by atoms with van der Waals surface area (Å²) in [5, 5.41) is 13.7. The molecule has 0 saturated heterocycles. The Labute approximate surface area is 102 Å². The standard InChI is InChI=1S/C12H19ClN2O/c1-3-9(4-2)12(16)8-15-11-5-6-14-7-10(11)13/h5-7,9,12,16H,3-4,8H2,1-2H3,(H,14,15). The van der Waals surface area contributed by atoms with Crippen LogP contribution in [0.25, 0.3) is 0 Å². The summed E-state index contributed by atoms with van der Waals surface area (Å²) in [4.78, 5) is 3.91. The van der Waals surface area contributed by atoms with Gasteiger partial charge in [-0.15, -0.1) is 0 Å². The highest BCUT2D eigenvalue weighted by atomic mass is 35.5. The molecule has 1 aromatic rings. The van der Waals surface area contributed by atoms with E-state index in [-0.39, 0.29) is 6.10 Å². The number of pyridine rings is 1. The predicted molar refractivity (Wildman–Crippen MR) is 67.8 cm³/mol. The Hall–Kier alpha value is -0.800. The largest absolute Gasteiger partial charge is 0.391 e. The molecule has 1 aromatic heterocycles. The van der Waals surface area contributed by atoms with Crippen molar-refractivity contribution in [1.82, 2.24) is 4.98 Å². The van der Waals surface area contributed by atoms with Crippen LogP contribution < -0.4 is 5.32 Å². The average molecular weight is 243 g/mol. The van der Waals surface area contributed by atoms with E-state index < -0.39 is 0 Å². The number of aromatic nitrogens is 1. The van der Waals surface area contributed by atoms with E-state index in [1.54, 1.807) is 12.4 Å². The maximum atomic E-state index is 9.94. The monoisotopic (exact) mass is 242 g/mol. The average Bonchev–Trinajstić information content (AvgIpc) is 2.29. The van der Waals surface area contributed by atoms with Crippen LogP contribution in [0.2, 0.25) is 5.02 Å². The fourth-order valence-corrected chi connectivity index (χ4v) is 1.92. The molecule has 0 aromatic carbocycles. The number of rotatable bonds is 6. The molecular formula is C12H19ClN2O. The van der Waals surface area contributed by atoms with E-state index in [1.807, 2.05) is 6.07 Å². The Balaban J connectivity index is 2.48. The summed E-state index contributed by atoms with van der Waals surface area (Å²) in [6, 6.07) is 1.81. The zero-order valence-electron chi connectivity index (χ0n) is 9.78. The van der Waals surface area contributed by atoms with E-state index >= 15 is 0 Å². The van der Waals surface area contributed by atoms with Crippen LogP contribution in [-0.4, -0.2) is 22.7 Å². The molecule has 1 rings (SSSR count). The molecule has 4 heteroatoms. The van der Waals surface area contributed by atoms with Gasteiger partial charge in [0.1, 0.15) is 0 Å². The SMILES string of the molecule is CCC(CC)C(O)CNc1ccncc1Cl. The van der Waals surface area contributed by atoms with Crippen molar-refractivity contribution in [1.29, 1.82) is 0 Å². The third kappa shape index (κ3) is 3.65. The molecule has 0 amide bonds. The van der Waals surface area contributed by atoms with Crippen molar-refractivity contribution in [3.8, 4) is 0 Å². The second-order valence-corrected chi connectivity index (χ2v) is 4.29. The molecule has 0 fully saturated rings. The highest BCUT2D eigenvalue weighted by Crippen LogP contribution is 2.20. The lowest BCUT2D eigenvalue weighted by atomic mass is 9.96. The molecular weight excluding hydrogens is 224 g/mol. The maximum Gasteiger partial charge on any atom is 0.0820 e. The lowest BCUT2D eigenvalue weighted by Crippen LogP contribution is -2.27. The first-order valence-electron chi connectivity index (χ1n) is 5.70. The van der Waals surface area contributed by atoms with Crippen molar-refractivity contribution in [2.45, 2.75) is 32.8 Å². The number of anilines is 1. The normalized spacial score (nSPS) is 12.8. The van der Waals surface area contributed by atoms with Crippen LogP contribution in [0.15, 0.2) is 18.5 Å². The molecule has 0 saturated carbocycles. The maximum absolute atomic E-state index is 9.94. The number of hydrogen-bond donors (Lipinski definition) is 2. The Morgan fingerprint density at radius 1 is 1.44 bits per heavy atom. The molecule has 0 bridgehead atoms. The highest BCUT2D eigenvalue weighted by molar-refractivity contribution is 6.33. The van der Waals surface area contributed by atoms with Crippen LogP contribution >= 0.6 is 11.6 Å². The number of nitrogens with one attached hydrogen (secondary N) is 1. The fourth-order valence-electron chi connectivity index (χ4n) is 1.73. The Kier molecular flexibility index (Phi) is 5.56. The Bertz CT molecular complexity index is 316.